The van der Waals surface area contributed by atoms with Gasteiger partial charge >= 0.3 is 6.18 Å². The topological polar surface area (TPSA) is 56.8 Å². The Labute approximate surface area is 211 Å². The van der Waals surface area contributed by atoms with Crippen molar-refractivity contribution in [1.29, 1.82) is 0 Å². The van der Waals surface area contributed by atoms with Gasteiger partial charge in [-0.2, -0.15) is 13.2 Å². The lowest BCUT2D eigenvalue weighted by Crippen LogP contribution is -2.64. The lowest BCUT2D eigenvalue weighted by Gasteiger charge is -2.48. The molecule has 0 bridgehead atoms. The van der Waals surface area contributed by atoms with Crippen LogP contribution >= 0.6 is 11.3 Å². The second-order valence-corrected chi connectivity index (χ2v) is 9.85. The number of alkyl halides is 3. The number of hydrogen-bond donors (Lipinski definition) is 0. The van der Waals surface area contributed by atoms with E-state index in [1.165, 1.54) is 23.5 Å². The molecule has 2 aliphatic rings. The Morgan fingerprint density at radius 1 is 0.861 bits per heavy atom. The fourth-order valence-corrected chi connectivity index (χ4v) is 5.14. The molecule has 3 heterocycles. The van der Waals surface area contributed by atoms with Crippen LogP contribution in [-0.2, 0) is 12.6 Å². The van der Waals surface area contributed by atoms with Crippen LogP contribution in [0.4, 0.5) is 13.2 Å². The van der Waals surface area contributed by atoms with Gasteiger partial charge in [0.15, 0.2) is 0 Å². The van der Waals surface area contributed by atoms with Crippen molar-refractivity contribution in [1.82, 2.24) is 19.7 Å². The fraction of sp³-hybridized carbons (Fsp3) is 0.346. The van der Waals surface area contributed by atoms with E-state index in [2.05, 4.69) is 9.88 Å². The molecular formula is C26H25F3N4O2S. The van der Waals surface area contributed by atoms with E-state index < -0.39 is 11.7 Å². The number of rotatable bonds is 5. The van der Waals surface area contributed by atoms with E-state index in [0.29, 0.717) is 49.9 Å². The van der Waals surface area contributed by atoms with Crippen molar-refractivity contribution >= 4 is 23.2 Å². The van der Waals surface area contributed by atoms with E-state index in [-0.39, 0.29) is 11.8 Å². The Hall–Kier alpha value is -3.24. The maximum atomic E-state index is 12.9. The van der Waals surface area contributed by atoms with E-state index >= 15 is 0 Å². The SMILES string of the molecule is O=C(c1ccc(Cc2ccc(C(F)(F)F)cc2)cc1)N1CC(N2CCN(C(=O)c3cscn3)CC2)C1. The summed E-state index contributed by atoms with van der Waals surface area (Å²) in [6, 6.07) is 12.7. The summed E-state index contributed by atoms with van der Waals surface area (Å²) in [6.45, 7) is 4.18. The van der Waals surface area contributed by atoms with Gasteiger partial charge in [-0.05, 0) is 41.8 Å². The Morgan fingerprint density at radius 3 is 2.03 bits per heavy atom. The molecule has 0 unspecified atom stereocenters. The van der Waals surface area contributed by atoms with Crippen LogP contribution in [0.5, 0.6) is 0 Å². The van der Waals surface area contributed by atoms with E-state index in [4.69, 9.17) is 0 Å². The molecule has 1 aromatic heterocycles. The minimum atomic E-state index is -4.34. The molecule has 0 aliphatic carbocycles. The summed E-state index contributed by atoms with van der Waals surface area (Å²) in [6.07, 6.45) is -3.85. The number of piperazine rings is 1. The van der Waals surface area contributed by atoms with Crippen LogP contribution in [0.25, 0.3) is 0 Å². The standard InChI is InChI=1S/C26H25F3N4O2S/c27-26(28,29)21-7-3-19(4-8-21)13-18-1-5-20(6-2-18)24(34)33-14-22(15-33)31-9-11-32(12-10-31)25(35)23-16-36-17-30-23/h1-8,16-17,22H,9-15H2. The van der Waals surface area contributed by atoms with Gasteiger partial charge in [0, 0.05) is 56.3 Å². The predicted octanol–water partition coefficient (Wildman–Crippen LogP) is 4.04. The van der Waals surface area contributed by atoms with Gasteiger partial charge in [-0.25, -0.2) is 4.98 Å². The van der Waals surface area contributed by atoms with Crippen molar-refractivity contribution in [2.45, 2.75) is 18.6 Å². The molecule has 2 amide bonds. The Morgan fingerprint density at radius 2 is 1.47 bits per heavy atom. The van der Waals surface area contributed by atoms with E-state index in [1.807, 2.05) is 21.9 Å². The smallest absolute Gasteiger partial charge is 0.335 e. The number of nitrogens with zero attached hydrogens (tertiary/aromatic N) is 4. The first kappa shape index (κ1) is 24.5. The van der Waals surface area contributed by atoms with Gasteiger partial charge in [-0.15, -0.1) is 11.3 Å². The molecule has 2 aromatic carbocycles. The van der Waals surface area contributed by atoms with Crippen molar-refractivity contribution in [2.75, 3.05) is 39.3 Å². The van der Waals surface area contributed by atoms with Gasteiger partial charge in [-0.3, -0.25) is 14.5 Å². The highest BCUT2D eigenvalue weighted by Gasteiger charge is 2.37. The number of likely N-dealkylation sites (tertiary alicyclic amines) is 1. The van der Waals surface area contributed by atoms with Crippen molar-refractivity contribution in [3.8, 4) is 0 Å². The number of benzene rings is 2. The number of aromatic nitrogens is 1. The zero-order chi connectivity index (χ0) is 25.3. The highest BCUT2D eigenvalue weighted by molar-refractivity contribution is 7.07. The van der Waals surface area contributed by atoms with Crippen molar-refractivity contribution in [3.05, 3.63) is 87.4 Å². The summed E-state index contributed by atoms with van der Waals surface area (Å²) in [7, 11) is 0. The molecule has 0 saturated carbocycles. The molecule has 2 fully saturated rings. The molecule has 0 spiro atoms. The van der Waals surface area contributed by atoms with Crippen LogP contribution in [0.15, 0.2) is 59.4 Å². The first-order valence-corrected chi connectivity index (χ1v) is 12.7. The maximum Gasteiger partial charge on any atom is 0.416 e. The number of carbonyl (C=O) groups excluding carboxylic acids is 2. The number of carbonyl (C=O) groups is 2. The highest BCUT2D eigenvalue weighted by Crippen LogP contribution is 2.29. The summed E-state index contributed by atoms with van der Waals surface area (Å²) in [5.74, 6) is -0.0484. The molecule has 3 aromatic rings. The fourth-order valence-electron chi connectivity index (χ4n) is 4.62. The van der Waals surface area contributed by atoms with Crippen molar-refractivity contribution in [2.24, 2.45) is 0 Å². The van der Waals surface area contributed by atoms with Crippen LogP contribution in [0.3, 0.4) is 0 Å². The van der Waals surface area contributed by atoms with Crippen molar-refractivity contribution in [3.63, 3.8) is 0 Å². The normalized spacial score (nSPS) is 17.2. The lowest BCUT2D eigenvalue weighted by molar-refractivity contribution is -0.137. The molecule has 6 nitrogen and oxygen atoms in total. The van der Waals surface area contributed by atoms with Crippen LogP contribution in [0, 0.1) is 0 Å². The number of hydrogen-bond acceptors (Lipinski definition) is 5. The zero-order valence-corrected chi connectivity index (χ0v) is 20.3. The molecule has 0 radical (unpaired) electrons. The first-order valence-electron chi connectivity index (χ1n) is 11.7. The Kier molecular flexibility index (Phi) is 6.81. The molecule has 0 atom stereocenters. The third-order valence-electron chi connectivity index (χ3n) is 6.81. The Bertz CT molecular complexity index is 1200. The van der Waals surface area contributed by atoms with Crippen LogP contribution in [0.1, 0.15) is 37.5 Å². The largest absolute Gasteiger partial charge is 0.416 e. The highest BCUT2D eigenvalue weighted by atomic mass is 32.1. The average molecular weight is 515 g/mol. The van der Waals surface area contributed by atoms with Gasteiger partial charge in [0.2, 0.25) is 0 Å². The van der Waals surface area contributed by atoms with Gasteiger partial charge < -0.3 is 9.80 Å². The third kappa shape index (κ3) is 5.29. The number of halogens is 3. The maximum absolute atomic E-state index is 12.9. The van der Waals surface area contributed by atoms with E-state index in [1.54, 1.807) is 23.0 Å². The van der Waals surface area contributed by atoms with Crippen LogP contribution < -0.4 is 0 Å². The number of amides is 2. The minimum absolute atomic E-state index is 0.0234. The monoisotopic (exact) mass is 514 g/mol. The Balaban J connectivity index is 1.09. The molecule has 2 saturated heterocycles. The van der Waals surface area contributed by atoms with Gasteiger partial charge in [0.1, 0.15) is 5.69 Å². The molecule has 0 N–H and O–H groups in total. The molecule has 2 aliphatic heterocycles. The minimum Gasteiger partial charge on any atom is -0.335 e. The van der Waals surface area contributed by atoms with Gasteiger partial charge in [-0.1, -0.05) is 24.3 Å². The van der Waals surface area contributed by atoms with Gasteiger partial charge in [0.05, 0.1) is 11.1 Å². The summed E-state index contributed by atoms with van der Waals surface area (Å²) < 4.78 is 38.2. The third-order valence-corrected chi connectivity index (χ3v) is 7.40. The first-order chi connectivity index (χ1) is 17.3. The average Bonchev–Trinajstić information content (AvgIpc) is 3.38. The second kappa shape index (κ2) is 10.0. The second-order valence-electron chi connectivity index (χ2n) is 9.13. The van der Waals surface area contributed by atoms with Crippen LogP contribution in [0.2, 0.25) is 0 Å². The molecule has 5 rings (SSSR count). The summed E-state index contributed by atoms with van der Waals surface area (Å²) in [4.78, 5) is 35.4. The predicted molar refractivity (Wildman–Crippen MR) is 130 cm³/mol. The summed E-state index contributed by atoms with van der Waals surface area (Å²) >= 11 is 1.41. The zero-order valence-electron chi connectivity index (χ0n) is 19.4. The molecule has 36 heavy (non-hydrogen) atoms. The lowest BCUT2D eigenvalue weighted by atomic mass is 10.0. The van der Waals surface area contributed by atoms with E-state index in [9.17, 15) is 22.8 Å². The molecule has 188 valence electrons. The summed E-state index contributed by atoms with van der Waals surface area (Å²) in [5, 5.41) is 1.77. The number of thiazole rings is 1. The van der Waals surface area contributed by atoms with Crippen LogP contribution in [-0.4, -0.2) is 76.8 Å². The quantitative estimate of drug-likeness (QED) is 0.516. The molecular weight excluding hydrogens is 489 g/mol. The summed E-state index contributed by atoms with van der Waals surface area (Å²) in [5.41, 5.74) is 3.81. The van der Waals surface area contributed by atoms with Gasteiger partial charge in [0.25, 0.3) is 11.8 Å². The molecule has 10 heteroatoms. The van der Waals surface area contributed by atoms with E-state index in [0.717, 1.165) is 36.3 Å². The van der Waals surface area contributed by atoms with Crippen molar-refractivity contribution < 1.29 is 22.8 Å².